The molecule has 0 aliphatic carbocycles. The number of carbonyl (C=O) groups is 1. The smallest absolute Gasteiger partial charge is 0.248 e. The van der Waals surface area contributed by atoms with E-state index in [2.05, 4.69) is 25.9 Å². The summed E-state index contributed by atoms with van der Waals surface area (Å²) in [6.45, 7) is 0. The Kier molecular flexibility index (Phi) is 3.23. The highest BCUT2D eigenvalue weighted by Crippen LogP contribution is 2.36. The molecule has 0 aliphatic heterocycles. The third-order valence-electron chi connectivity index (χ3n) is 3.08. The van der Waals surface area contributed by atoms with Crippen LogP contribution in [0, 0.1) is 0 Å². The number of hydrogen-bond donors (Lipinski definition) is 2. The van der Waals surface area contributed by atoms with Gasteiger partial charge in [0.1, 0.15) is 5.65 Å². The number of nitrogens with zero attached hydrogens (tertiary/aromatic N) is 1. The largest absolute Gasteiger partial charge is 0.366 e. The van der Waals surface area contributed by atoms with Gasteiger partial charge < -0.3 is 10.7 Å². The van der Waals surface area contributed by atoms with Crippen LogP contribution in [-0.2, 0) is 0 Å². The van der Waals surface area contributed by atoms with E-state index in [0.29, 0.717) is 16.2 Å². The molecule has 0 fully saturated rings. The Balaban J connectivity index is 2.19. The number of hydrogen-bond acceptors (Lipinski definition) is 2. The molecule has 2 aromatic heterocycles. The number of primary amides is 1. The average Bonchev–Trinajstić information content (AvgIpc) is 2.87. The minimum absolute atomic E-state index is 0.446. The van der Waals surface area contributed by atoms with Crippen LogP contribution in [-0.4, -0.2) is 15.9 Å². The van der Waals surface area contributed by atoms with E-state index >= 15 is 0 Å². The van der Waals surface area contributed by atoms with Crippen molar-refractivity contribution in [1.82, 2.24) is 9.97 Å². The van der Waals surface area contributed by atoms with Crippen molar-refractivity contribution < 1.29 is 4.79 Å². The van der Waals surface area contributed by atoms with Crippen molar-refractivity contribution in [2.24, 2.45) is 5.73 Å². The second-order valence-electron chi connectivity index (χ2n) is 4.29. The quantitative estimate of drug-likeness (QED) is 0.739. The van der Waals surface area contributed by atoms with Crippen LogP contribution in [0.5, 0.6) is 0 Å². The Labute approximate surface area is 128 Å². The van der Waals surface area contributed by atoms with E-state index in [1.54, 1.807) is 18.3 Å². The highest BCUT2D eigenvalue weighted by Gasteiger charge is 2.13. The van der Waals surface area contributed by atoms with Crippen molar-refractivity contribution in [3.63, 3.8) is 0 Å². The number of benzene rings is 1. The van der Waals surface area contributed by atoms with Crippen LogP contribution in [0.3, 0.4) is 0 Å². The summed E-state index contributed by atoms with van der Waals surface area (Å²) < 4.78 is 0.737. The van der Waals surface area contributed by atoms with E-state index in [-0.39, 0.29) is 0 Å². The van der Waals surface area contributed by atoms with E-state index in [1.165, 1.54) is 0 Å². The van der Waals surface area contributed by atoms with Gasteiger partial charge in [-0.3, -0.25) is 4.79 Å². The summed E-state index contributed by atoms with van der Waals surface area (Å²) in [5, 5.41) is 1.44. The van der Waals surface area contributed by atoms with Gasteiger partial charge in [0.2, 0.25) is 5.91 Å². The van der Waals surface area contributed by atoms with Crippen molar-refractivity contribution in [2.45, 2.75) is 0 Å². The Bertz CT molecular complexity index is 811. The summed E-state index contributed by atoms with van der Waals surface area (Å²) in [4.78, 5) is 18.4. The molecule has 4 nitrogen and oxygen atoms in total. The number of pyridine rings is 1. The van der Waals surface area contributed by atoms with Crippen LogP contribution in [0.25, 0.3) is 22.2 Å². The van der Waals surface area contributed by atoms with Gasteiger partial charge in [0.25, 0.3) is 0 Å². The topological polar surface area (TPSA) is 71.8 Å². The number of H-pyrrole nitrogens is 1. The number of rotatable bonds is 2. The van der Waals surface area contributed by atoms with E-state index in [0.717, 1.165) is 21.0 Å². The maximum absolute atomic E-state index is 11.1. The molecule has 0 saturated heterocycles. The number of nitrogens with two attached hydrogens (primary N) is 1. The van der Waals surface area contributed by atoms with Crippen LogP contribution >= 0.6 is 27.5 Å². The summed E-state index contributed by atoms with van der Waals surface area (Å²) in [7, 11) is 0. The van der Waals surface area contributed by atoms with Gasteiger partial charge in [-0.05, 0) is 33.6 Å². The van der Waals surface area contributed by atoms with E-state index in [4.69, 9.17) is 17.3 Å². The lowest BCUT2D eigenvalue weighted by Crippen LogP contribution is -2.10. The fraction of sp³-hybridized carbons (Fsp3) is 0. The summed E-state index contributed by atoms with van der Waals surface area (Å²) >= 11 is 9.69. The summed E-state index contributed by atoms with van der Waals surface area (Å²) in [6, 6.07) is 7.05. The summed E-state index contributed by atoms with van der Waals surface area (Å²) in [5.74, 6) is -0.446. The molecule has 1 aromatic carbocycles. The number of nitrogens with one attached hydrogen (secondary N) is 1. The normalized spacial score (nSPS) is 10.9. The molecule has 1 amide bonds. The molecule has 0 spiro atoms. The molecule has 3 aromatic rings. The molecule has 2 heterocycles. The summed E-state index contributed by atoms with van der Waals surface area (Å²) in [6.07, 6.45) is 3.50. The fourth-order valence-corrected chi connectivity index (χ4v) is 2.62. The predicted octanol–water partition coefficient (Wildman–Crippen LogP) is 3.74. The van der Waals surface area contributed by atoms with E-state index < -0.39 is 5.91 Å². The van der Waals surface area contributed by atoms with Gasteiger partial charge in [-0.2, -0.15) is 0 Å². The molecule has 3 N–H and O–H groups in total. The number of aromatic amines is 1. The number of aromatic nitrogens is 2. The summed E-state index contributed by atoms with van der Waals surface area (Å²) in [5.41, 5.74) is 8.28. The van der Waals surface area contributed by atoms with Crippen molar-refractivity contribution >= 4 is 44.5 Å². The maximum atomic E-state index is 11.1. The first kappa shape index (κ1) is 13.1. The SMILES string of the molecule is NC(=O)c1ccc(-c2c[nH]c3ncc(Br)c(Cl)c23)cc1. The molecule has 3 rings (SSSR count). The molecule has 0 unspecified atom stereocenters. The van der Waals surface area contributed by atoms with Crippen LogP contribution in [0.2, 0.25) is 5.02 Å². The zero-order valence-corrected chi connectivity index (χ0v) is 12.5. The van der Waals surface area contributed by atoms with Crippen LogP contribution < -0.4 is 5.73 Å². The second-order valence-corrected chi connectivity index (χ2v) is 5.52. The van der Waals surface area contributed by atoms with E-state index in [9.17, 15) is 4.79 Å². The molecule has 0 bridgehead atoms. The molecule has 20 heavy (non-hydrogen) atoms. The van der Waals surface area contributed by atoms with Gasteiger partial charge in [-0.25, -0.2) is 4.98 Å². The molecule has 0 atom stereocenters. The molecular formula is C14H9BrClN3O. The third kappa shape index (κ3) is 2.09. The molecular weight excluding hydrogens is 342 g/mol. The molecule has 0 saturated carbocycles. The van der Waals surface area contributed by atoms with Gasteiger partial charge in [-0.15, -0.1) is 0 Å². The minimum atomic E-state index is -0.446. The Morgan fingerprint density at radius 1 is 1.30 bits per heavy atom. The molecule has 100 valence electrons. The third-order valence-corrected chi connectivity index (χ3v) is 4.30. The van der Waals surface area contributed by atoms with Gasteiger partial charge in [0.15, 0.2) is 0 Å². The van der Waals surface area contributed by atoms with Gasteiger partial charge in [0, 0.05) is 28.9 Å². The first-order valence-electron chi connectivity index (χ1n) is 5.79. The van der Waals surface area contributed by atoms with Gasteiger partial charge in [-0.1, -0.05) is 23.7 Å². The lowest BCUT2D eigenvalue weighted by Gasteiger charge is -2.03. The van der Waals surface area contributed by atoms with Gasteiger partial charge in [0.05, 0.1) is 9.50 Å². The van der Waals surface area contributed by atoms with Crippen LogP contribution in [0.15, 0.2) is 41.1 Å². The molecule has 0 radical (unpaired) electrons. The van der Waals surface area contributed by atoms with Crippen molar-refractivity contribution in [2.75, 3.05) is 0 Å². The maximum Gasteiger partial charge on any atom is 0.248 e. The predicted molar refractivity (Wildman–Crippen MR) is 82.8 cm³/mol. The lowest BCUT2D eigenvalue weighted by molar-refractivity contribution is 0.100. The second kappa shape index (κ2) is 4.92. The average molecular weight is 351 g/mol. The fourth-order valence-electron chi connectivity index (χ4n) is 2.08. The number of fused-ring (bicyclic) bond motifs is 1. The van der Waals surface area contributed by atoms with Crippen molar-refractivity contribution in [3.05, 3.63) is 51.7 Å². The Morgan fingerprint density at radius 2 is 2.00 bits per heavy atom. The number of carbonyl (C=O) groups excluding carboxylic acids is 1. The number of halogens is 2. The lowest BCUT2D eigenvalue weighted by atomic mass is 10.0. The first-order valence-corrected chi connectivity index (χ1v) is 6.96. The zero-order chi connectivity index (χ0) is 14.3. The van der Waals surface area contributed by atoms with E-state index in [1.807, 2.05) is 18.3 Å². The van der Waals surface area contributed by atoms with Crippen molar-refractivity contribution in [3.8, 4) is 11.1 Å². The Morgan fingerprint density at radius 3 is 2.65 bits per heavy atom. The van der Waals surface area contributed by atoms with Crippen LogP contribution in [0.1, 0.15) is 10.4 Å². The molecule has 0 aliphatic rings. The highest BCUT2D eigenvalue weighted by atomic mass is 79.9. The zero-order valence-electron chi connectivity index (χ0n) is 10.2. The highest BCUT2D eigenvalue weighted by molar-refractivity contribution is 9.10. The minimum Gasteiger partial charge on any atom is -0.366 e. The van der Waals surface area contributed by atoms with Crippen molar-refractivity contribution in [1.29, 1.82) is 0 Å². The first-order chi connectivity index (χ1) is 9.58. The Hall–Kier alpha value is -1.85. The van der Waals surface area contributed by atoms with Crippen LogP contribution in [0.4, 0.5) is 0 Å². The number of amides is 1. The monoisotopic (exact) mass is 349 g/mol. The standard InChI is InChI=1S/C14H9BrClN3O/c15-10-6-19-14-11(12(10)16)9(5-18-14)7-1-3-8(4-2-7)13(17)20/h1-6H,(H2,17,20)(H,18,19). The van der Waals surface area contributed by atoms with Gasteiger partial charge >= 0.3 is 0 Å². The molecule has 6 heteroatoms.